The smallest absolute Gasteiger partial charge is 0.336 e. The molecule has 0 N–H and O–H groups in total. The van der Waals surface area contributed by atoms with Gasteiger partial charge in [0.25, 0.3) is 0 Å². The lowest BCUT2D eigenvalue weighted by molar-refractivity contribution is -0.152. The number of halogens is 3. The Balaban J connectivity index is 4.43. The number of nitrogens with zero attached hydrogens (tertiary/aromatic N) is 1. The predicted octanol–water partition coefficient (Wildman–Crippen LogP) is 3.78. The minimum Gasteiger partial charge on any atom is -0.336 e. The minimum absolute atomic E-state index is 1.19. The first-order valence-corrected chi connectivity index (χ1v) is 10.2. The van der Waals surface area contributed by atoms with Crippen LogP contribution in [0.3, 0.4) is 0 Å². The molecule has 0 spiro atoms. The predicted molar refractivity (Wildman–Crippen MR) is 56.5 cm³/mol. The molecule has 0 unspecified atom stereocenters. The summed E-state index contributed by atoms with van der Waals surface area (Å²) in [5.41, 5.74) is 0. The van der Waals surface area contributed by atoms with Gasteiger partial charge >= 0.3 is 6.18 Å². The Morgan fingerprint density at radius 2 is 1.64 bits per heavy atom. The second kappa shape index (κ2) is 4.37. The largest absolute Gasteiger partial charge is 0.412 e. The van der Waals surface area contributed by atoms with E-state index in [4.69, 9.17) is 4.52 Å². The Bertz CT molecular complexity index is 240. The van der Waals surface area contributed by atoms with Gasteiger partial charge in [0.05, 0.1) is 7.28 Å². The van der Waals surface area contributed by atoms with Crippen LogP contribution in [0.4, 0.5) is 13.2 Å². The maximum atomic E-state index is 11.9. The molecular formula is C7H17F3NOPSi. The van der Waals surface area contributed by atoms with Crippen LogP contribution >= 0.6 is 7.28 Å². The van der Waals surface area contributed by atoms with Crippen molar-refractivity contribution in [2.75, 3.05) is 19.9 Å². The van der Waals surface area contributed by atoms with E-state index < -0.39 is 28.3 Å². The molecule has 7 heteroatoms. The van der Waals surface area contributed by atoms with Gasteiger partial charge in [0.1, 0.15) is 6.61 Å². The molecule has 0 aliphatic carbocycles. The highest BCUT2D eigenvalue weighted by atomic mass is 31.2. The van der Waals surface area contributed by atoms with Gasteiger partial charge in [-0.25, -0.2) is 0 Å². The van der Waals surface area contributed by atoms with E-state index in [0.29, 0.717) is 0 Å². The zero-order valence-electron chi connectivity index (χ0n) is 9.14. The van der Waals surface area contributed by atoms with E-state index in [2.05, 4.69) is 4.41 Å². The summed E-state index contributed by atoms with van der Waals surface area (Å²) in [5.74, 6) is 0. The minimum atomic E-state index is -4.26. The van der Waals surface area contributed by atoms with Crippen LogP contribution in [0, 0.1) is 0 Å². The highest BCUT2D eigenvalue weighted by molar-refractivity contribution is 7.61. The summed E-state index contributed by atoms with van der Waals surface area (Å²) in [7, 11) is -3.90. The molecule has 0 amide bonds. The fourth-order valence-corrected chi connectivity index (χ4v) is 7.46. The van der Waals surface area contributed by atoms with Crippen molar-refractivity contribution in [3.63, 3.8) is 0 Å². The monoisotopic (exact) mass is 247 g/mol. The van der Waals surface area contributed by atoms with E-state index in [1.54, 1.807) is 13.3 Å². The Morgan fingerprint density at radius 3 is 1.93 bits per heavy atom. The molecule has 0 aromatic heterocycles. The molecule has 0 saturated carbocycles. The zero-order chi connectivity index (χ0) is 11.6. The summed E-state index contributed by atoms with van der Waals surface area (Å²) in [5, 5.41) is 0. The first-order valence-electron chi connectivity index (χ1n) is 4.21. The molecule has 0 aliphatic rings. The molecule has 0 rings (SSSR count). The molecule has 0 saturated heterocycles. The summed E-state index contributed by atoms with van der Waals surface area (Å²) in [6.07, 6.45) is -4.26. The first-order chi connectivity index (χ1) is 5.91. The maximum Gasteiger partial charge on any atom is 0.412 e. The second-order valence-corrected chi connectivity index (χ2v) is 12.4. The van der Waals surface area contributed by atoms with E-state index in [1.165, 1.54) is 0 Å². The molecule has 0 radical (unpaired) electrons. The van der Waals surface area contributed by atoms with E-state index in [9.17, 15) is 13.2 Å². The van der Waals surface area contributed by atoms with E-state index in [1.807, 2.05) is 19.6 Å². The van der Waals surface area contributed by atoms with E-state index >= 15 is 0 Å². The van der Waals surface area contributed by atoms with Crippen LogP contribution in [0.15, 0.2) is 4.41 Å². The highest BCUT2D eigenvalue weighted by Crippen LogP contribution is 2.45. The molecule has 2 nitrogen and oxygen atoms in total. The Kier molecular flexibility index (Phi) is 4.43. The van der Waals surface area contributed by atoms with Gasteiger partial charge in [0.2, 0.25) is 0 Å². The lowest BCUT2D eigenvalue weighted by Crippen LogP contribution is -2.19. The van der Waals surface area contributed by atoms with Crippen LogP contribution in [0.2, 0.25) is 19.6 Å². The molecule has 0 heterocycles. The Morgan fingerprint density at radius 1 is 1.21 bits per heavy atom. The average Bonchev–Trinajstić information content (AvgIpc) is 1.76. The quantitative estimate of drug-likeness (QED) is 0.549. The van der Waals surface area contributed by atoms with Crippen molar-refractivity contribution in [2.45, 2.75) is 25.8 Å². The third-order valence-electron chi connectivity index (χ3n) is 1.08. The summed E-state index contributed by atoms with van der Waals surface area (Å²) in [6, 6.07) is 0. The van der Waals surface area contributed by atoms with Crippen LogP contribution in [0.1, 0.15) is 0 Å². The summed E-state index contributed by atoms with van der Waals surface area (Å²) >= 11 is 0. The van der Waals surface area contributed by atoms with Crippen LogP contribution in [-0.4, -0.2) is 34.3 Å². The SMILES string of the molecule is C[Si](C)(C)N=P(C)(C)OCC(F)(F)F. The van der Waals surface area contributed by atoms with E-state index in [0.717, 1.165) is 0 Å². The standard InChI is InChI=1S/C7H17F3NOPSi/c1-13(2,11-14(3,4)5)12-6-7(8,9)10/h6H2,1-5H3. The third kappa shape index (κ3) is 8.78. The van der Waals surface area contributed by atoms with Gasteiger partial charge in [-0.2, -0.15) is 13.2 Å². The summed E-state index contributed by atoms with van der Waals surface area (Å²) in [4.78, 5) is 0. The van der Waals surface area contributed by atoms with Crippen molar-refractivity contribution >= 4 is 15.5 Å². The molecular weight excluding hydrogens is 230 g/mol. The van der Waals surface area contributed by atoms with Crippen molar-refractivity contribution < 1.29 is 17.7 Å². The van der Waals surface area contributed by atoms with Crippen molar-refractivity contribution in [1.29, 1.82) is 0 Å². The number of hydrogen-bond acceptors (Lipinski definition) is 2. The first kappa shape index (κ1) is 14.2. The van der Waals surface area contributed by atoms with Crippen LogP contribution in [0.5, 0.6) is 0 Å². The Labute approximate surface area is 84.1 Å². The van der Waals surface area contributed by atoms with Crippen LogP contribution < -0.4 is 0 Å². The molecule has 0 aromatic rings. The zero-order valence-corrected chi connectivity index (χ0v) is 11.0. The summed E-state index contributed by atoms with van der Waals surface area (Å²) < 4.78 is 44.8. The number of hydrogen-bond donors (Lipinski definition) is 0. The molecule has 0 aromatic carbocycles. The van der Waals surface area contributed by atoms with Crippen molar-refractivity contribution in [3.05, 3.63) is 0 Å². The van der Waals surface area contributed by atoms with Gasteiger partial charge < -0.3 is 8.93 Å². The van der Waals surface area contributed by atoms with Gasteiger partial charge in [-0.1, -0.05) is 0 Å². The normalized spacial score (nSPS) is 14.3. The van der Waals surface area contributed by atoms with Gasteiger partial charge in [0, 0.05) is 0 Å². The second-order valence-electron chi connectivity index (χ2n) is 4.45. The van der Waals surface area contributed by atoms with E-state index in [-0.39, 0.29) is 0 Å². The van der Waals surface area contributed by atoms with Crippen molar-refractivity contribution in [3.8, 4) is 0 Å². The topological polar surface area (TPSA) is 21.6 Å². The fraction of sp³-hybridized carbons (Fsp3) is 1.00. The Hall–Kier alpha value is 0.197. The lowest BCUT2D eigenvalue weighted by atomic mass is 10.7. The van der Waals surface area contributed by atoms with Crippen molar-refractivity contribution in [1.82, 2.24) is 0 Å². The van der Waals surface area contributed by atoms with Crippen molar-refractivity contribution in [2.24, 2.45) is 4.41 Å². The van der Waals surface area contributed by atoms with Crippen LogP contribution in [-0.2, 0) is 4.52 Å². The summed E-state index contributed by atoms with van der Waals surface area (Å²) in [6.45, 7) is 8.07. The van der Waals surface area contributed by atoms with Gasteiger partial charge in [-0.15, -0.1) is 0 Å². The van der Waals surface area contributed by atoms with Gasteiger partial charge in [-0.3, -0.25) is 0 Å². The molecule has 0 atom stereocenters. The third-order valence-corrected chi connectivity index (χ3v) is 6.17. The fourth-order valence-electron chi connectivity index (χ4n) is 0.983. The number of rotatable bonds is 3. The molecule has 0 aliphatic heterocycles. The molecule has 14 heavy (non-hydrogen) atoms. The molecule has 0 bridgehead atoms. The number of alkyl halides is 3. The van der Waals surface area contributed by atoms with Gasteiger partial charge in [0.15, 0.2) is 8.24 Å². The maximum absolute atomic E-state index is 11.9. The van der Waals surface area contributed by atoms with Gasteiger partial charge in [-0.05, 0) is 33.0 Å². The average molecular weight is 247 g/mol. The highest BCUT2D eigenvalue weighted by Gasteiger charge is 2.30. The molecule has 86 valence electrons. The lowest BCUT2D eigenvalue weighted by Gasteiger charge is -2.21. The molecule has 0 fully saturated rings. The van der Waals surface area contributed by atoms with Crippen LogP contribution in [0.25, 0.3) is 0 Å².